The zero-order chi connectivity index (χ0) is 25.7. The molecule has 0 saturated carbocycles. The minimum Gasteiger partial charge on any atom is -0.507 e. The average Bonchev–Trinajstić information content (AvgIpc) is 3.11. The fourth-order valence-electron chi connectivity index (χ4n) is 4.51. The summed E-state index contributed by atoms with van der Waals surface area (Å²) >= 11 is 0. The van der Waals surface area contributed by atoms with Crippen molar-refractivity contribution in [3.05, 3.63) is 64.2 Å². The second-order valence-electron chi connectivity index (χ2n) is 8.68. The molecule has 0 bridgehead atoms. The first-order valence-corrected chi connectivity index (χ1v) is 12.2. The van der Waals surface area contributed by atoms with Crippen LogP contribution in [0.2, 0.25) is 0 Å². The van der Waals surface area contributed by atoms with Crippen molar-refractivity contribution in [2.24, 2.45) is 0 Å². The van der Waals surface area contributed by atoms with E-state index < -0.39 is 17.7 Å². The number of aryl methyl sites for hydroxylation is 2. The number of ether oxygens (including phenoxy) is 2. The summed E-state index contributed by atoms with van der Waals surface area (Å²) in [5.74, 6) is -0.366. The molecule has 7 heteroatoms. The minimum absolute atomic E-state index is 0.0921. The Morgan fingerprint density at radius 2 is 1.74 bits per heavy atom. The molecular formula is C28H36N2O5. The molecule has 188 valence electrons. The van der Waals surface area contributed by atoms with Crippen LogP contribution in [0.3, 0.4) is 0 Å². The molecule has 1 unspecified atom stereocenters. The van der Waals surface area contributed by atoms with Gasteiger partial charge in [-0.3, -0.25) is 9.59 Å². The highest BCUT2D eigenvalue weighted by Gasteiger charge is 2.46. The zero-order valence-electron chi connectivity index (χ0n) is 21.6. The normalized spacial score (nSPS) is 17.3. The van der Waals surface area contributed by atoms with E-state index in [-0.39, 0.29) is 11.3 Å². The summed E-state index contributed by atoms with van der Waals surface area (Å²) in [5.41, 5.74) is 3.10. The molecule has 3 rings (SSSR count). The Balaban J connectivity index is 2.19. The average molecular weight is 481 g/mol. The number of likely N-dealkylation sites (N-methyl/N-ethyl adjacent to an activating group) is 1. The standard InChI is InChI=1S/C28H36N2O5/c1-7-29(8-2)14-15-30-25(20-12-13-22(35-9-3)23(17-20)34-6)24(27(32)28(30)33)26(31)21-16-18(4)10-11-19(21)5/h10-13,16-17,25,31H,7-9,14-15H2,1-6H3. The van der Waals surface area contributed by atoms with Crippen molar-refractivity contribution >= 4 is 17.4 Å². The van der Waals surface area contributed by atoms with E-state index in [0.717, 1.165) is 24.2 Å². The maximum absolute atomic E-state index is 13.3. The van der Waals surface area contributed by atoms with Crippen molar-refractivity contribution in [2.75, 3.05) is 39.9 Å². The van der Waals surface area contributed by atoms with Gasteiger partial charge in [-0.25, -0.2) is 0 Å². The van der Waals surface area contributed by atoms with Crippen LogP contribution in [-0.4, -0.2) is 66.5 Å². The Labute approximate surface area is 207 Å². The molecule has 7 nitrogen and oxygen atoms in total. The van der Waals surface area contributed by atoms with Gasteiger partial charge in [-0.1, -0.05) is 37.6 Å². The van der Waals surface area contributed by atoms with Crippen molar-refractivity contribution < 1.29 is 24.2 Å². The van der Waals surface area contributed by atoms with Crippen LogP contribution in [0.25, 0.3) is 5.76 Å². The van der Waals surface area contributed by atoms with E-state index in [2.05, 4.69) is 18.7 Å². The van der Waals surface area contributed by atoms with Gasteiger partial charge in [0.15, 0.2) is 11.5 Å². The first-order chi connectivity index (χ1) is 16.8. The van der Waals surface area contributed by atoms with Crippen LogP contribution >= 0.6 is 0 Å². The molecule has 1 amide bonds. The summed E-state index contributed by atoms with van der Waals surface area (Å²) < 4.78 is 11.2. The molecule has 0 aliphatic carbocycles. The lowest BCUT2D eigenvalue weighted by atomic mass is 9.93. The first-order valence-electron chi connectivity index (χ1n) is 12.2. The maximum atomic E-state index is 13.3. The first kappa shape index (κ1) is 26.3. The Hall–Kier alpha value is -3.32. The minimum atomic E-state index is -0.741. The molecule has 1 N–H and O–H groups in total. The molecule has 2 aromatic carbocycles. The van der Waals surface area contributed by atoms with Gasteiger partial charge in [0, 0.05) is 18.7 Å². The summed E-state index contributed by atoms with van der Waals surface area (Å²) in [6.45, 7) is 12.9. The van der Waals surface area contributed by atoms with Gasteiger partial charge < -0.3 is 24.4 Å². The molecule has 35 heavy (non-hydrogen) atoms. The van der Waals surface area contributed by atoms with Crippen LogP contribution in [0.4, 0.5) is 0 Å². The largest absolute Gasteiger partial charge is 0.507 e. The predicted molar refractivity (Wildman–Crippen MR) is 137 cm³/mol. The number of benzene rings is 2. The Morgan fingerprint density at radius 3 is 2.37 bits per heavy atom. The van der Waals surface area contributed by atoms with Gasteiger partial charge in [0.05, 0.1) is 25.3 Å². The van der Waals surface area contributed by atoms with Crippen LogP contribution in [0, 0.1) is 13.8 Å². The summed E-state index contributed by atoms with van der Waals surface area (Å²) in [6.07, 6.45) is 0. The predicted octanol–water partition coefficient (Wildman–Crippen LogP) is 4.47. The summed E-state index contributed by atoms with van der Waals surface area (Å²) in [6, 6.07) is 10.3. The van der Waals surface area contributed by atoms with Crippen LogP contribution in [-0.2, 0) is 9.59 Å². The van der Waals surface area contributed by atoms with Gasteiger partial charge in [0.2, 0.25) is 0 Å². The molecule has 1 heterocycles. The molecule has 1 aliphatic rings. The third kappa shape index (κ3) is 5.35. The van der Waals surface area contributed by atoms with Crippen molar-refractivity contribution in [1.29, 1.82) is 0 Å². The van der Waals surface area contributed by atoms with E-state index in [1.165, 1.54) is 0 Å². The molecule has 0 spiro atoms. The third-order valence-corrected chi connectivity index (χ3v) is 6.54. The molecule has 0 aromatic heterocycles. The van der Waals surface area contributed by atoms with Crippen molar-refractivity contribution in [3.63, 3.8) is 0 Å². The Bertz CT molecular complexity index is 1120. The fraction of sp³-hybridized carbons (Fsp3) is 0.429. The van der Waals surface area contributed by atoms with E-state index in [4.69, 9.17) is 9.47 Å². The molecule has 1 saturated heterocycles. The van der Waals surface area contributed by atoms with Gasteiger partial charge in [0.25, 0.3) is 11.7 Å². The summed E-state index contributed by atoms with van der Waals surface area (Å²) in [5, 5.41) is 11.4. The van der Waals surface area contributed by atoms with Gasteiger partial charge >= 0.3 is 0 Å². The summed E-state index contributed by atoms with van der Waals surface area (Å²) in [4.78, 5) is 30.4. The van der Waals surface area contributed by atoms with E-state index in [0.29, 0.717) is 42.3 Å². The number of carbonyl (C=O) groups is 2. The van der Waals surface area contributed by atoms with E-state index in [9.17, 15) is 14.7 Å². The van der Waals surface area contributed by atoms with Crippen LogP contribution in [0.5, 0.6) is 11.5 Å². The van der Waals surface area contributed by atoms with Crippen molar-refractivity contribution in [3.8, 4) is 11.5 Å². The number of methoxy groups -OCH3 is 1. The number of hydrogen-bond acceptors (Lipinski definition) is 6. The fourth-order valence-corrected chi connectivity index (χ4v) is 4.51. The smallest absolute Gasteiger partial charge is 0.295 e. The molecule has 2 aromatic rings. The van der Waals surface area contributed by atoms with E-state index in [1.807, 2.05) is 45.0 Å². The number of aliphatic hydroxyl groups excluding tert-OH is 1. The highest BCUT2D eigenvalue weighted by atomic mass is 16.5. The Morgan fingerprint density at radius 1 is 1.03 bits per heavy atom. The van der Waals surface area contributed by atoms with E-state index >= 15 is 0 Å². The van der Waals surface area contributed by atoms with Gasteiger partial charge in [-0.2, -0.15) is 0 Å². The maximum Gasteiger partial charge on any atom is 0.295 e. The number of carbonyl (C=O) groups excluding carboxylic acids is 2. The highest BCUT2D eigenvalue weighted by Crippen LogP contribution is 2.42. The second-order valence-corrected chi connectivity index (χ2v) is 8.68. The van der Waals surface area contributed by atoms with Crippen LogP contribution in [0.1, 0.15) is 49.1 Å². The number of amides is 1. The van der Waals surface area contributed by atoms with Gasteiger partial charge in [0.1, 0.15) is 5.76 Å². The van der Waals surface area contributed by atoms with E-state index in [1.54, 1.807) is 24.1 Å². The topological polar surface area (TPSA) is 79.3 Å². The lowest BCUT2D eigenvalue weighted by Gasteiger charge is -2.28. The third-order valence-electron chi connectivity index (χ3n) is 6.54. The van der Waals surface area contributed by atoms with Gasteiger partial charge in [-0.05, 0) is 63.2 Å². The number of ketones is 1. The number of Topliss-reactive ketones (excluding diaryl/α,β-unsaturated/α-hetero) is 1. The van der Waals surface area contributed by atoms with Crippen molar-refractivity contribution in [2.45, 2.75) is 40.7 Å². The number of likely N-dealkylation sites (tertiary alicyclic amines) is 1. The monoisotopic (exact) mass is 480 g/mol. The number of nitrogens with zero attached hydrogens (tertiary/aromatic N) is 2. The molecular weight excluding hydrogens is 444 g/mol. The summed E-state index contributed by atoms with van der Waals surface area (Å²) in [7, 11) is 1.55. The number of hydrogen-bond donors (Lipinski definition) is 1. The zero-order valence-corrected chi connectivity index (χ0v) is 21.6. The highest BCUT2D eigenvalue weighted by molar-refractivity contribution is 6.46. The SMILES string of the molecule is CCOc1ccc(C2C(=C(O)c3cc(C)ccc3C)C(=O)C(=O)N2CCN(CC)CC)cc1OC. The quantitative estimate of drug-likeness (QED) is 0.307. The molecule has 0 radical (unpaired) electrons. The van der Waals surface area contributed by atoms with Crippen LogP contribution < -0.4 is 9.47 Å². The second kappa shape index (κ2) is 11.4. The number of aliphatic hydroxyl groups is 1. The van der Waals surface area contributed by atoms with Crippen LogP contribution in [0.15, 0.2) is 42.0 Å². The molecule has 1 fully saturated rings. The Kier molecular flexibility index (Phi) is 8.57. The van der Waals surface area contributed by atoms with Crippen molar-refractivity contribution in [1.82, 2.24) is 9.80 Å². The molecule has 1 aliphatic heterocycles. The number of rotatable bonds is 10. The van der Waals surface area contributed by atoms with Gasteiger partial charge in [-0.15, -0.1) is 0 Å². The lowest BCUT2D eigenvalue weighted by molar-refractivity contribution is -0.140. The molecule has 1 atom stereocenters. The lowest BCUT2D eigenvalue weighted by Crippen LogP contribution is -2.38.